The molecule has 23 heavy (non-hydrogen) atoms. The zero-order valence-electron chi connectivity index (χ0n) is 12.6. The predicted molar refractivity (Wildman–Crippen MR) is 95.6 cm³/mol. The molecule has 0 aliphatic carbocycles. The first-order valence-electron chi connectivity index (χ1n) is 7.17. The minimum Gasteiger partial charge on any atom is -0.383 e. The van der Waals surface area contributed by atoms with Crippen molar-refractivity contribution in [2.45, 2.75) is 13.1 Å². The largest absolute Gasteiger partial charge is 0.383 e. The van der Waals surface area contributed by atoms with E-state index >= 15 is 0 Å². The minimum absolute atomic E-state index is 0.500. The predicted octanol–water partition coefficient (Wildman–Crippen LogP) is 4.15. The van der Waals surface area contributed by atoms with E-state index in [0.29, 0.717) is 34.8 Å². The van der Waals surface area contributed by atoms with Crippen molar-refractivity contribution in [3.63, 3.8) is 0 Å². The van der Waals surface area contributed by atoms with Gasteiger partial charge in [-0.25, -0.2) is 9.97 Å². The van der Waals surface area contributed by atoms with Crippen molar-refractivity contribution < 1.29 is 0 Å². The molecule has 0 fully saturated rings. The highest BCUT2D eigenvalue weighted by Crippen LogP contribution is 2.26. The Morgan fingerprint density at radius 2 is 1.78 bits per heavy atom. The standard InChI is InChI=1S/C17H16Cl2N4/c1-23(9-11-5-4-7-13(18)16(11)19)10-15-21-14-8-3-2-6-12(14)17(20)22-15/h2-8H,9-10H2,1H3,(H2,20,21,22). The van der Waals surface area contributed by atoms with Gasteiger partial charge < -0.3 is 5.73 Å². The quantitative estimate of drug-likeness (QED) is 0.770. The van der Waals surface area contributed by atoms with Crippen molar-refractivity contribution in [1.29, 1.82) is 0 Å². The summed E-state index contributed by atoms with van der Waals surface area (Å²) >= 11 is 12.3. The first-order valence-corrected chi connectivity index (χ1v) is 7.93. The lowest BCUT2D eigenvalue weighted by Crippen LogP contribution is -2.19. The van der Waals surface area contributed by atoms with Gasteiger partial charge in [0, 0.05) is 11.9 Å². The number of anilines is 1. The average Bonchev–Trinajstić information content (AvgIpc) is 2.52. The number of hydrogen-bond donors (Lipinski definition) is 1. The van der Waals surface area contributed by atoms with Gasteiger partial charge in [0.25, 0.3) is 0 Å². The Bertz CT molecular complexity index is 851. The maximum Gasteiger partial charge on any atom is 0.145 e. The molecular formula is C17H16Cl2N4. The normalized spacial score (nSPS) is 11.3. The number of benzene rings is 2. The number of halogens is 2. The average molecular weight is 347 g/mol. The summed E-state index contributed by atoms with van der Waals surface area (Å²) in [6.07, 6.45) is 0. The van der Waals surface area contributed by atoms with Crippen LogP contribution in [0.1, 0.15) is 11.4 Å². The lowest BCUT2D eigenvalue weighted by atomic mass is 10.2. The molecule has 0 amide bonds. The Morgan fingerprint density at radius 3 is 2.61 bits per heavy atom. The fraction of sp³-hybridized carbons (Fsp3) is 0.176. The molecule has 1 aromatic heterocycles. The smallest absolute Gasteiger partial charge is 0.145 e. The Kier molecular flexibility index (Phi) is 4.66. The SMILES string of the molecule is CN(Cc1nc(N)c2ccccc2n1)Cc1cccc(Cl)c1Cl. The van der Waals surface area contributed by atoms with Gasteiger partial charge in [-0.1, -0.05) is 47.5 Å². The highest BCUT2D eigenvalue weighted by atomic mass is 35.5. The van der Waals surface area contributed by atoms with E-state index in [1.165, 1.54) is 0 Å². The van der Waals surface area contributed by atoms with E-state index in [2.05, 4.69) is 14.9 Å². The molecule has 0 spiro atoms. The zero-order chi connectivity index (χ0) is 16.4. The lowest BCUT2D eigenvalue weighted by molar-refractivity contribution is 0.311. The summed E-state index contributed by atoms with van der Waals surface area (Å²) in [6.45, 7) is 1.22. The molecule has 0 atom stereocenters. The van der Waals surface area contributed by atoms with Crippen LogP contribution in [0.25, 0.3) is 10.9 Å². The molecule has 4 nitrogen and oxygen atoms in total. The zero-order valence-corrected chi connectivity index (χ0v) is 14.1. The maximum atomic E-state index is 6.23. The van der Waals surface area contributed by atoms with E-state index in [9.17, 15) is 0 Å². The molecule has 3 rings (SSSR count). The first kappa shape index (κ1) is 16.0. The Labute approximate surface area is 144 Å². The molecule has 118 valence electrons. The molecule has 3 aromatic rings. The number of nitrogens with zero attached hydrogens (tertiary/aromatic N) is 3. The fourth-order valence-electron chi connectivity index (χ4n) is 2.48. The molecule has 0 bridgehead atoms. The molecule has 2 N–H and O–H groups in total. The summed E-state index contributed by atoms with van der Waals surface area (Å²) in [4.78, 5) is 11.0. The minimum atomic E-state index is 0.500. The van der Waals surface area contributed by atoms with E-state index in [1.807, 2.05) is 43.4 Å². The van der Waals surface area contributed by atoms with Crippen LogP contribution in [0.4, 0.5) is 5.82 Å². The van der Waals surface area contributed by atoms with Crippen molar-refractivity contribution in [3.8, 4) is 0 Å². The number of rotatable bonds is 4. The molecule has 0 saturated heterocycles. The van der Waals surface area contributed by atoms with Gasteiger partial charge in [0.05, 0.1) is 22.1 Å². The molecule has 0 aliphatic rings. The summed E-state index contributed by atoms with van der Waals surface area (Å²) in [6, 6.07) is 13.3. The topological polar surface area (TPSA) is 55.0 Å². The summed E-state index contributed by atoms with van der Waals surface area (Å²) in [5.41, 5.74) is 7.84. The van der Waals surface area contributed by atoms with Crippen LogP contribution >= 0.6 is 23.2 Å². The summed E-state index contributed by atoms with van der Waals surface area (Å²) in [7, 11) is 1.98. The molecular weight excluding hydrogens is 331 g/mol. The number of para-hydroxylation sites is 1. The molecule has 0 aliphatic heterocycles. The van der Waals surface area contributed by atoms with Crippen LogP contribution in [0, 0.1) is 0 Å². The van der Waals surface area contributed by atoms with Gasteiger partial charge in [0.15, 0.2) is 0 Å². The summed E-state index contributed by atoms with van der Waals surface area (Å²) in [5, 5.41) is 2.01. The third-order valence-electron chi connectivity index (χ3n) is 3.56. The Hall–Kier alpha value is -1.88. The third-order valence-corrected chi connectivity index (χ3v) is 4.42. The number of fused-ring (bicyclic) bond motifs is 1. The highest BCUT2D eigenvalue weighted by Gasteiger charge is 2.10. The van der Waals surface area contributed by atoms with E-state index in [-0.39, 0.29) is 0 Å². The van der Waals surface area contributed by atoms with Crippen LogP contribution in [0.15, 0.2) is 42.5 Å². The van der Waals surface area contributed by atoms with Crippen LogP contribution in [0.2, 0.25) is 10.0 Å². The van der Waals surface area contributed by atoms with Crippen LogP contribution < -0.4 is 5.73 Å². The van der Waals surface area contributed by atoms with Gasteiger partial charge in [0.1, 0.15) is 11.6 Å². The second kappa shape index (κ2) is 6.71. The van der Waals surface area contributed by atoms with Crippen LogP contribution in [-0.2, 0) is 13.1 Å². The van der Waals surface area contributed by atoms with Gasteiger partial charge in [0.2, 0.25) is 0 Å². The third kappa shape index (κ3) is 3.55. The lowest BCUT2D eigenvalue weighted by Gasteiger charge is -2.17. The van der Waals surface area contributed by atoms with E-state index < -0.39 is 0 Å². The highest BCUT2D eigenvalue weighted by molar-refractivity contribution is 6.42. The van der Waals surface area contributed by atoms with Crippen molar-refractivity contribution in [3.05, 3.63) is 63.9 Å². The van der Waals surface area contributed by atoms with Crippen molar-refractivity contribution >= 4 is 39.9 Å². The van der Waals surface area contributed by atoms with E-state index in [4.69, 9.17) is 28.9 Å². The summed E-state index contributed by atoms with van der Waals surface area (Å²) in [5.74, 6) is 1.18. The monoisotopic (exact) mass is 346 g/mol. The molecule has 0 unspecified atom stereocenters. The molecule has 0 radical (unpaired) electrons. The van der Waals surface area contributed by atoms with Crippen molar-refractivity contribution in [2.75, 3.05) is 12.8 Å². The second-order valence-electron chi connectivity index (χ2n) is 5.43. The Balaban J connectivity index is 1.80. The van der Waals surface area contributed by atoms with E-state index in [1.54, 1.807) is 6.07 Å². The maximum absolute atomic E-state index is 6.23. The molecule has 0 saturated carbocycles. The van der Waals surface area contributed by atoms with Crippen LogP contribution in [0.3, 0.4) is 0 Å². The number of nitrogen functional groups attached to an aromatic ring is 1. The van der Waals surface area contributed by atoms with Gasteiger partial charge >= 0.3 is 0 Å². The van der Waals surface area contributed by atoms with Gasteiger partial charge in [-0.2, -0.15) is 0 Å². The van der Waals surface area contributed by atoms with Gasteiger partial charge in [-0.05, 0) is 30.8 Å². The second-order valence-corrected chi connectivity index (χ2v) is 6.21. The molecule has 6 heteroatoms. The Morgan fingerprint density at radius 1 is 1.00 bits per heavy atom. The molecule has 1 heterocycles. The van der Waals surface area contributed by atoms with Crippen LogP contribution in [-0.4, -0.2) is 21.9 Å². The number of hydrogen-bond acceptors (Lipinski definition) is 4. The van der Waals surface area contributed by atoms with E-state index in [0.717, 1.165) is 16.5 Å². The van der Waals surface area contributed by atoms with Crippen molar-refractivity contribution in [2.24, 2.45) is 0 Å². The number of nitrogens with two attached hydrogens (primary N) is 1. The summed E-state index contributed by atoms with van der Waals surface area (Å²) < 4.78 is 0. The van der Waals surface area contributed by atoms with Crippen LogP contribution in [0.5, 0.6) is 0 Å². The first-order chi connectivity index (χ1) is 11.0. The fourth-order valence-corrected chi connectivity index (χ4v) is 2.86. The molecule has 2 aromatic carbocycles. The van der Waals surface area contributed by atoms with Gasteiger partial charge in [-0.15, -0.1) is 0 Å². The number of aromatic nitrogens is 2. The van der Waals surface area contributed by atoms with Crippen molar-refractivity contribution in [1.82, 2.24) is 14.9 Å². The van der Waals surface area contributed by atoms with Gasteiger partial charge in [-0.3, -0.25) is 4.90 Å².